The largest absolute Gasteiger partial charge is 0.497 e. The van der Waals surface area contributed by atoms with Crippen LogP contribution in [0.5, 0.6) is 5.75 Å². The molecule has 1 saturated heterocycles. The Kier molecular flexibility index (Phi) is 7.30. The molecule has 2 aromatic rings. The summed E-state index contributed by atoms with van der Waals surface area (Å²) in [4.78, 5) is 15.8. The molecule has 1 aliphatic heterocycles. The van der Waals surface area contributed by atoms with E-state index in [1.54, 1.807) is 19.3 Å². The van der Waals surface area contributed by atoms with E-state index in [0.717, 1.165) is 21.3 Å². The summed E-state index contributed by atoms with van der Waals surface area (Å²) in [7, 11) is 1.63. The summed E-state index contributed by atoms with van der Waals surface area (Å²) in [5.41, 5.74) is 0.177. The molecule has 0 aliphatic carbocycles. The van der Waals surface area contributed by atoms with Crippen molar-refractivity contribution >= 4 is 33.4 Å². The van der Waals surface area contributed by atoms with Crippen LogP contribution in [-0.2, 0) is 21.6 Å². The highest BCUT2D eigenvalue weighted by Gasteiger charge is 2.52. The predicted molar refractivity (Wildman–Crippen MR) is 128 cm³/mol. The van der Waals surface area contributed by atoms with E-state index in [1.165, 1.54) is 0 Å². The van der Waals surface area contributed by atoms with Crippen LogP contribution in [0.25, 0.3) is 0 Å². The number of morpholine rings is 1. The lowest BCUT2D eigenvalue weighted by Gasteiger charge is -2.52. The van der Waals surface area contributed by atoms with Crippen molar-refractivity contribution in [3.63, 3.8) is 0 Å². The Labute approximate surface area is 197 Å². The van der Waals surface area contributed by atoms with Crippen molar-refractivity contribution in [3.8, 4) is 5.75 Å². The zero-order valence-electron chi connectivity index (χ0n) is 17.9. The van der Waals surface area contributed by atoms with Gasteiger partial charge in [-0.25, -0.2) is 0 Å². The first-order valence-corrected chi connectivity index (χ1v) is 11.2. The molecule has 0 spiro atoms. The number of benzene rings is 2. The number of carbonyl (C=O) groups is 1. The highest BCUT2D eigenvalue weighted by atomic mass is 79.9. The number of amides is 1. The fraction of sp³-hybridized carbons (Fsp3) is 0.320. The minimum Gasteiger partial charge on any atom is -0.497 e. The highest BCUT2D eigenvalue weighted by molar-refractivity contribution is 9.10. The minimum absolute atomic E-state index is 0.0898. The zero-order valence-corrected chi connectivity index (χ0v) is 20.2. The number of carbonyl (C=O) groups excluding carboxylic acids is 1. The van der Waals surface area contributed by atoms with Crippen LogP contribution in [0.3, 0.4) is 0 Å². The molecule has 3 rings (SSSR count). The molecule has 2 aromatic carbocycles. The Morgan fingerprint density at radius 1 is 1.19 bits per heavy atom. The summed E-state index contributed by atoms with van der Waals surface area (Å²) >= 11 is 9.87. The van der Waals surface area contributed by atoms with E-state index in [0.29, 0.717) is 31.0 Å². The lowest BCUT2D eigenvalue weighted by Crippen LogP contribution is -2.64. The quantitative estimate of drug-likeness (QED) is 0.397. The molecule has 164 valence electrons. The van der Waals surface area contributed by atoms with Crippen LogP contribution in [0.15, 0.2) is 72.2 Å². The maximum absolute atomic E-state index is 13.9. The van der Waals surface area contributed by atoms with Gasteiger partial charge in [0.2, 0.25) is 0 Å². The lowest BCUT2D eigenvalue weighted by molar-refractivity contribution is -0.194. The number of halogens is 2. The van der Waals surface area contributed by atoms with Gasteiger partial charge in [0.25, 0.3) is 5.91 Å². The van der Waals surface area contributed by atoms with E-state index in [9.17, 15) is 4.79 Å². The van der Waals surface area contributed by atoms with E-state index in [1.807, 2.05) is 54.3 Å². The van der Waals surface area contributed by atoms with Crippen LogP contribution in [0.1, 0.15) is 30.9 Å². The van der Waals surface area contributed by atoms with Crippen molar-refractivity contribution in [2.45, 2.75) is 37.5 Å². The van der Waals surface area contributed by atoms with Gasteiger partial charge in [0.1, 0.15) is 5.75 Å². The summed E-state index contributed by atoms with van der Waals surface area (Å²) < 4.78 is 12.4. The molecule has 1 unspecified atom stereocenters. The Morgan fingerprint density at radius 3 is 2.39 bits per heavy atom. The van der Waals surface area contributed by atoms with Crippen LogP contribution >= 0.6 is 27.5 Å². The summed E-state index contributed by atoms with van der Waals surface area (Å²) in [6, 6.07) is 13.4. The predicted octanol–water partition coefficient (Wildman–Crippen LogP) is 6.28. The van der Waals surface area contributed by atoms with Crippen LogP contribution in [0.2, 0.25) is 5.02 Å². The van der Waals surface area contributed by atoms with E-state index < -0.39 is 11.1 Å². The molecular weight excluding hydrogens is 478 g/mol. The standard InChI is InChI=1S/C25H27BrClNO3/c1-5-11-25(12-6-2)23(29)28(16-18-7-9-22(30-4)10-8-18)24(3,17-31-25)19-13-20(26)15-21(27)14-19/h5-10,13-15H,1-2,11-12,16-17H2,3-4H3. The van der Waals surface area contributed by atoms with Crippen LogP contribution < -0.4 is 4.74 Å². The van der Waals surface area contributed by atoms with Gasteiger partial charge in [0.05, 0.1) is 19.3 Å². The Morgan fingerprint density at radius 2 is 1.84 bits per heavy atom. The summed E-state index contributed by atoms with van der Waals surface area (Å²) in [5, 5.41) is 0.594. The maximum atomic E-state index is 13.9. The molecule has 6 heteroatoms. The number of hydrogen-bond donors (Lipinski definition) is 0. The van der Waals surface area contributed by atoms with Gasteiger partial charge in [-0.2, -0.15) is 0 Å². The first kappa shape index (κ1) is 23.6. The Bertz CT molecular complexity index is 945. The topological polar surface area (TPSA) is 38.8 Å². The third kappa shape index (κ3) is 4.74. The third-order valence-corrected chi connectivity index (χ3v) is 6.47. The van der Waals surface area contributed by atoms with Gasteiger partial charge in [-0.1, -0.05) is 51.8 Å². The highest BCUT2D eigenvalue weighted by Crippen LogP contribution is 2.42. The second-order valence-electron chi connectivity index (χ2n) is 7.94. The minimum atomic E-state index is -1.01. The number of methoxy groups -OCH3 is 1. The molecule has 1 amide bonds. The van der Waals surface area contributed by atoms with Gasteiger partial charge in [-0.05, 0) is 48.4 Å². The molecule has 0 N–H and O–H groups in total. The van der Waals surface area contributed by atoms with E-state index in [2.05, 4.69) is 29.1 Å². The smallest absolute Gasteiger partial charge is 0.256 e. The molecular formula is C25H27BrClNO3. The number of ether oxygens (including phenoxy) is 2. The monoisotopic (exact) mass is 503 g/mol. The molecule has 31 heavy (non-hydrogen) atoms. The van der Waals surface area contributed by atoms with Gasteiger partial charge in [0, 0.05) is 28.9 Å². The Balaban J connectivity index is 2.09. The second-order valence-corrected chi connectivity index (χ2v) is 9.29. The fourth-order valence-corrected chi connectivity index (χ4v) is 4.85. The first-order chi connectivity index (χ1) is 14.8. The van der Waals surface area contributed by atoms with Crippen molar-refractivity contribution in [1.82, 2.24) is 4.90 Å². The number of nitrogens with zero attached hydrogens (tertiary/aromatic N) is 1. The summed E-state index contributed by atoms with van der Waals surface area (Å²) in [6.07, 6.45) is 4.27. The van der Waals surface area contributed by atoms with Gasteiger partial charge in [-0.3, -0.25) is 4.79 Å². The average Bonchev–Trinajstić information content (AvgIpc) is 2.74. The van der Waals surface area contributed by atoms with Crippen LogP contribution in [-0.4, -0.2) is 30.1 Å². The molecule has 0 radical (unpaired) electrons. The Hall–Kier alpha value is -2.08. The molecule has 4 nitrogen and oxygen atoms in total. The maximum Gasteiger partial charge on any atom is 0.256 e. The molecule has 1 heterocycles. The van der Waals surface area contributed by atoms with Crippen LogP contribution in [0, 0.1) is 0 Å². The lowest BCUT2D eigenvalue weighted by atomic mass is 9.83. The normalized spacial score (nSPS) is 20.4. The first-order valence-electron chi connectivity index (χ1n) is 10.1. The van der Waals surface area contributed by atoms with Crippen molar-refractivity contribution < 1.29 is 14.3 Å². The average molecular weight is 505 g/mol. The van der Waals surface area contributed by atoms with Gasteiger partial charge < -0.3 is 14.4 Å². The van der Waals surface area contributed by atoms with Gasteiger partial charge in [-0.15, -0.1) is 13.2 Å². The molecule has 0 saturated carbocycles. The van der Waals surface area contributed by atoms with Gasteiger partial charge in [0.15, 0.2) is 5.60 Å². The van der Waals surface area contributed by atoms with Crippen molar-refractivity contribution in [2.24, 2.45) is 0 Å². The fourth-order valence-electron chi connectivity index (χ4n) is 3.99. The van der Waals surface area contributed by atoms with E-state index in [-0.39, 0.29) is 5.91 Å². The van der Waals surface area contributed by atoms with Crippen molar-refractivity contribution in [3.05, 3.63) is 88.4 Å². The van der Waals surface area contributed by atoms with E-state index in [4.69, 9.17) is 21.1 Å². The van der Waals surface area contributed by atoms with Crippen molar-refractivity contribution in [1.29, 1.82) is 0 Å². The second kappa shape index (κ2) is 9.60. The van der Waals surface area contributed by atoms with Crippen LogP contribution in [0.4, 0.5) is 0 Å². The molecule has 0 aromatic heterocycles. The summed E-state index contributed by atoms with van der Waals surface area (Å²) in [6.45, 7) is 10.4. The summed E-state index contributed by atoms with van der Waals surface area (Å²) in [5.74, 6) is 0.680. The molecule has 0 bridgehead atoms. The SMILES string of the molecule is C=CCC1(CC=C)OCC(C)(c2cc(Cl)cc(Br)c2)N(Cc2ccc(OC)cc2)C1=O. The molecule has 1 aliphatic rings. The zero-order chi connectivity index (χ0) is 22.6. The van der Waals surface area contributed by atoms with E-state index >= 15 is 0 Å². The molecule has 1 fully saturated rings. The van der Waals surface area contributed by atoms with Gasteiger partial charge >= 0.3 is 0 Å². The third-order valence-electron chi connectivity index (χ3n) is 5.79. The molecule has 1 atom stereocenters. The number of hydrogen-bond acceptors (Lipinski definition) is 3. The van der Waals surface area contributed by atoms with Crippen molar-refractivity contribution in [2.75, 3.05) is 13.7 Å². The number of rotatable bonds is 8.